The van der Waals surface area contributed by atoms with Gasteiger partial charge in [-0.05, 0) is 45.3 Å². The van der Waals surface area contributed by atoms with Crippen LogP contribution < -0.4 is 0 Å². The lowest BCUT2D eigenvalue weighted by Gasteiger charge is -2.16. The summed E-state index contributed by atoms with van der Waals surface area (Å²) in [7, 11) is 2.22. The van der Waals surface area contributed by atoms with Crippen LogP contribution in [0, 0.1) is 5.92 Å². The van der Waals surface area contributed by atoms with Crippen molar-refractivity contribution in [3.63, 3.8) is 0 Å². The maximum absolute atomic E-state index is 2.43. The minimum Gasteiger partial charge on any atom is -0.306 e. The molecule has 0 radical (unpaired) electrons. The Morgan fingerprint density at radius 2 is 1.83 bits per heavy atom. The zero-order valence-corrected chi connectivity index (χ0v) is 9.27. The van der Waals surface area contributed by atoms with Crippen molar-refractivity contribution in [2.75, 3.05) is 20.1 Å². The fourth-order valence-electron chi connectivity index (χ4n) is 1.41. The topological polar surface area (TPSA) is 3.24 Å². The molecule has 74 valence electrons. The van der Waals surface area contributed by atoms with Crippen molar-refractivity contribution in [3.05, 3.63) is 0 Å². The molecule has 0 N–H and O–H groups in total. The fourth-order valence-corrected chi connectivity index (χ4v) is 1.41. The van der Waals surface area contributed by atoms with Gasteiger partial charge in [-0.2, -0.15) is 0 Å². The van der Waals surface area contributed by atoms with Gasteiger partial charge in [0.05, 0.1) is 0 Å². The van der Waals surface area contributed by atoms with E-state index in [-0.39, 0.29) is 0 Å². The van der Waals surface area contributed by atoms with Crippen molar-refractivity contribution in [1.82, 2.24) is 4.90 Å². The van der Waals surface area contributed by atoms with E-state index >= 15 is 0 Å². The Kier molecular flexibility index (Phi) is 7.58. The molecule has 0 aromatic carbocycles. The highest BCUT2D eigenvalue weighted by molar-refractivity contribution is 4.54. The second kappa shape index (κ2) is 7.60. The zero-order valence-electron chi connectivity index (χ0n) is 9.27. The molecule has 0 amide bonds. The summed E-state index contributed by atoms with van der Waals surface area (Å²) < 4.78 is 0. The van der Waals surface area contributed by atoms with Crippen molar-refractivity contribution in [2.45, 2.75) is 46.5 Å². The van der Waals surface area contributed by atoms with Gasteiger partial charge in [0.2, 0.25) is 0 Å². The molecule has 0 aliphatic carbocycles. The molecule has 0 spiro atoms. The molecule has 1 heteroatoms. The molecule has 1 unspecified atom stereocenters. The van der Waals surface area contributed by atoms with E-state index in [1.54, 1.807) is 0 Å². The van der Waals surface area contributed by atoms with Crippen LogP contribution in [0.1, 0.15) is 46.5 Å². The van der Waals surface area contributed by atoms with E-state index in [0.717, 1.165) is 5.92 Å². The van der Waals surface area contributed by atoms with Gasteiger partial charge in [-0.15, -0.1) is 0 Å². The van der Waals surface area contributed by atoms with Gasteiger partial charge in [0.25, 0.3) is 0 Å². The molecule has 1 nitrogen and oxygen atoms in total. The summed E-state index contributed by atoms with van der Waals surface area (Å²) >= 11 is 0. The normalized spacial score (nSPS) is 13.8. The van der Waals surface area contributed by atoms with Crippen molar-refractivity contribution in [2.24, 2.45) is 5.92 Å². The molecule has 12 heavy (non-hydrogen) atoms. The summed E-state index contributed by atoms with van der Waals surface area (Å²) in [5, 5.41) is 0. The molecule has 0 rings (SSSR count). The van der Waals surface area contributed by atoms with Crippen molar-refractivity contribution < 1.29 is 0 Å². The van der Waals surface area contributed by atoms with Crippen LogP contribution in [0.4, 0.5) is 0 Å². The van der Waals surface area contributed by atoms with E-state index in [9.17, 15) is 0 Å². The molecule has 0 saturated heterocycles. The van der Waals surface area contributed by atoms with Gasteiger partial charge in [-0.3, -0.25) is 0 Å². The van der Waals surface area contributed by atoms with Crippen LogP contribution in [0.3, 0.4) is 0 Å². The molecule has 0 aromatic heterocycles. The van der Waals surface area contributed by atoms with Gasteiger partial charge in [-0.1, -0.05) is 27.2 Å². The maximum Gasteiger partial charge on any atom is -0.00217 e. The first kappa shape index (κ1) is 12.0. The summed E-state index contributed by atoms with van der Waals surface area (Å²) in [4.78, 5) is 2.43. The first-order valence-corrected chi connectivity index (χ1v) is 5.39. The number of rotatable bonds is 7. The molecule has 0 heterocycles. The molecule has 1 atom stereocenters. The fraction of sp³-hybridized carbons (Fsp3) is 1.00. The number of hydrogen-bond acceptors (Lipinski definition) is 1. The van der Waals surface area contributed by atoms with E-state index < -0.39 is 0 Å². The third-order valence-corrected chi connectivity index (χ3v) is 2.54. The second-order valence-electron chi connectivity index (χ2n) is 3.96. The SMILES string of the molecule is CCCN(C)CCCC(C)CC. The lowest BCUT2D eigenvalue weighted by molar-refractivity contribution is 0.314. The van der Waals surface area contributed by atoms with Crippen LogP contribution in [0.15, 0.2) is 0 Å². The lowest BCUT2D eigenvalue weighted by Crippen LogP contribution is -2.20. The summed E-state index contributed by atoms with van der Waals surface area (Å²) in [6.45, 7) is 9.39. The van der Waals surface area contributed by atoms with Crippen molar-refractivity contribution in [1.29, 1.82) is 0 Å². The highest BCUT2D eigenvalue weighted by atomic mass is 15.1. The molecule has 0 bridgehead atoms. The predicted octanol–water partition coefficient (Wildman–Crippen LogP) is 3.15. The lowest BCUT2D eigenvalue weighted by atomic mass is 10.0. The average Bonchev–Trinajstić information content (AvgIpc) is 2.04. The standard InChI is InChI=1S/C11H25N/c1-5-9-12(4)10-7-8-11(3)6-2/h11H,5-10H2,1-4H3. The second-order valence-corrected chi connectivity index (χ2v) is 3.96. The van der Waals surface area contributed by atoms with Gasteiger partial charge >= 0.3 is 0 Å². The van der Waals surface area contributed by atoms with Crippen LogP contribution in [-0.2, 0) is 0 Å². The average molecular weight is 171 g/mol. The van der Waals surface area contributed by atoms with Crippen LogP contribution in [-0.4, -0.2) is 25.0 Å². The summed E-state index contributed by atoms with van der Waals surface area (Å²) in [6, 6.07) is 0. The van der Waals surface area contributed by atoms with E-state index in [4.69, 9.17) is 0 Å². The molecule has 0 saturated carbocycles. The smallest absolute Gasteiger partial charge is 0.00217 e. The zero-order chi connectivity index (χ0) is 9.40. The van der Waals surface area contributed by atoms with E-state index in [0.29, 0.717) is 0 Å². The minimum atomic E-state index is 0.917. The Labute approximate surface area is 78.1 Å². The Morgan fingerprint density at radius 1 is 1.17 bits per heavy atom. The molecular weight excluding hydrogens is 146 g/mol. The monoisotopic (exact) mass is 171 g/mol. The van der Waals surface area contributed by atoms with Gasteiger partial charge in [0.1, 0.15) is 0 Å². The van der Waals surface area contributed by atoms with E-state index in [2.05, 4.69) is 32.7 Å². The highest BCUT2D eigenvalue weighted by Gasteiger charge is 2.00. The Balaban J connectivity index is 3.18. The van der Waals surface area contributed by atoms with Gasteiger partial charge < -0.3 is 4.90 Å². The predicted molar refractivity (Wildman–Crippen MR) is 56.5 cm³/mol. The minimum absolute atomic E-state index is 0.917. The van der Waals surface area contributed by atoms with Crippen LogP contribution >= 0.6 is 0 Å². The number of hydrogen-bond donors (Lipinski definition) is 0. The maximum atomic E-state index is 2.43. The Morgan fingerprint density at radius 3 is 2.33 bits per heavy atom. The van der Waals surface area contributed by atoms with Crippen molar-refractivity contribution in [3.8, 4) is 0 Å². The first-order valence-electron chi connectivity index (χ1n) is 5.39. The largest absolute Gasteiger partial charge is 0.306 e. The summed E-state index contributed by atoms with van der Waals surface area (Å²) in [5.74, 6) is 0.917. The third kappa shape index (κ3) is 6.66. The van der Waals surface area contributed by atoms with E-state index in [1.807, 2.05) is 0 Å². The molecule has 0 aliphatic heterocycles. The first-order chi connectivity index (χ1) is 5.70. The van der Waals surface area contributed by atoms with Crippen LogP contribution in [0.25, 0.3) is 0 Å². The number of nitrogens with zero attached hydrogens (tertiary/aromatic N) is 1. The van der Waals surface area contributed by atoms with Crippen LogP contribution in [0.2, 0.25) is 0 Å². The van der Waals surface area contributed by atoms with E-state index in [1.165, 1.54) is 38.8 Å². The van der Waals surface area contributed by atoms with Gasteiger partial charge in [0, 0.05) is 0 Å². The summed E-state index contributed by atoms with van der Waals surface area (Å²) in [6.07, 6.45) is 5.37. The molecule has 0 aromatic rings. The molecule has 0 fully saturated rings. The molecular formula is C11H25N. The Hall–Kier alpha value is -0.0400. The summed E-state index contributed by atoms with van der Waals surface area (Å²) in [5.41, 5.74) is 0. The van der Waals surface area contributed by atoms with Gasteiger partial charge in [-0.25, -0.2) is 0 Å². The molecule has 0 aliphatic rings. The van der Waals surface area contributed by atoms with Crippen LogP contribution in [0.5, 0.6) is 0 Å². The van der Waals surface area contributed by atoms with Crippen molar-refractivity contribution >= 4 is 0 Å². The quantitative estimate of drug-likeness (QED) is 0.569. The highest BCUT2D eigenvalue weighted by Crippen LogP contribution is 2.09. The third-order valence-electron chi connectivity index (χ3n) is 2.54. The van der Waals surface area contributed by atoms with Gasteiger partial charge in [0.15, 0.2) is 0 Å². The Bertz CT molecular complexity index is 91.0.